The summed E-state index contributed by atoms with van der Waals surface area (Å²) in [6, 6.07) is -0.689. The van der Waals surface area contributed by atoms with Gasteiger partial charge in [-0.25, -0.2) is 0 Å². The average Bonchev–Trinajstić information content (AvgIpc) is 2.44. The molecule has 0 aromatic rings. The Morgan fingerprint density at radius 3 is 2.73 bits per heavy atom. The smallest absolute Gasteiger partial charge is 0.314 e. The third-order valence-electron chi connectivity index (χ3n) is 3.75. The van der Waals surface area contributed by atoms with Gasteiger partial charge in [-0.1, -0.05) is 0 Å². The molecule has 0 bridgehead atoms. The Kier molecular flexibility index (Phi) is 4.76. The van der Waals surface area contributed by atoms with Crippen molar-refractivity contribution in [3.8, 4) is 0 Å². The number of carbonyl (C=O) groups excluding carboxylic acids is 3. The maximum atomic E-state index is 12.1. The SMILES string of the molecule is COCC1(C(=O)O)CS[C@@H]2C(NC(=O)CC(C)=O)C(=O)N2C1. The van der Waals surface area contributed by atoms with E-state index >= 15 is 0 Å². The van der Waals surface area contributed by atoms with Crippen molar-refractivity contribution in [1.82, 2.24) is 10.2 Å². The first kappa shape index (κ1) is 16.8. The van der Waals surface area contributed by atoms with E-state index in [4.69, 9.17) is 4.74 Å². The van der Waals surface area contributed by atoms with E-state index in [9.17, 15) is 24.3 Å². The van der Waals surface area contributed by atoms with Gasteiger partial charge in [0.05, 0.1) is 13.0 Å². The third-order valence-corrected chi connectivity index (χ3v) is 5.33. The Morgan fingerprint density at radius 1 is 1.50 bits per heavy atom. The van der Waals surface area contributed by atoms with Crippen LogP contribution in [0.2, 0.25) is 0 Å². The summed E-state index contributed by atoms with van der Waals surface area (Å²) in [5, 5.41) is 11.7. The minimum atomic E-state index is -1.13. The number of aliphatic carboxylic acids is 1. The van der Waals surface area contributed by atoms with Gasteiger partial charge in [-0.3, -0.25) is 19.2 Å². The highest BCUT2D eigenvalue weighted by molar-refractivity contribution is 8.00. The first-order valence-electron chi connectivity index (χ1n) is 6.74. The van der Waals surface area contributed by atoms with Crippen molar-refractivity contribution >= 4 is 35.3 Å². The Morgan fingerprint density at radius 2 is 2.18 bits per heavy atom. The third kappa shape index (κ3) is 2.95. The van der Waals surface area contributed by atoms with E-state index in [1.807, 2.05) is 0 Å². The van der Waals surface area contributed by atoms with Gasteiger partial charge in [0.15, 0.2) is 0 Å². The molecule has 0 aliphatic carbocycles. The molecule has 2 amide bonds. The van der Waals surface area contributed by atoms with E-state index < -0.39 is 23.3 Å². The number of ether oxygens (including phenoxy) is 1. The number of amides is 2. The first-order chi connectivity index (χ1) is 10.3. The summed E-state index contributed by atoms with van der Waals surface area (Å²) in [6.07, 6.45) is -0.260. The number of rotatable bonds is 6. The maximum Gasteiger partial charge on any atom is 0.314 e. The standard InChI is InChI=1S/C13H18N2O6S/c1-7(16)3-8(17)14-9-10(18)15-4-13(5-21-2,12(19)20)6-22-11(9)15/h9,11H,3-6H2,1-2H3,(H,14,17)(H,19,20)/t9?,11-,13?/m1/s1. The van der Waals surface area contributed by atoms with E-state index in [0.717, 1.165) is 0 Å². The molecule has 2 N–H and O–H groups in total. The van der Waals surface area contributed by atoms with Gasteiger partial charge in [0.25, 0.3) is 0 Å². The largest absolute Gasteiger partial charge is 0.481 e. The zero-order chi connectivity index (χ0) is 16.5. The Balaban J connectivity index is 2.01. The van der Waals surface area contributed by atoms with Gasteiger partial charge in [0, 0.05) is 19.4 Å². The highest BCUT2D eigenvalue weighted by atomic mass is 32.2. The van der Waals surface area contributed by atoms with Crippen molar-refractivity contribution < 1.29 is 29.0 Å². The summed E-state index contributed by atoms with van der Waals surface area (Å²) in [5.74, 6) is -1.79. The number of hydrogen-bond donors (Lipinski definition) is 2. The molecular formula is C13H18N2O6S. The van der Waals surface area contributed by atoms with Crippen molar-refractivity contribution in [1.29, 1.82) is 0 Å². The van der Waals surface area contributed by atoms with Gasteiger partial charge >= 0.3 is 5.97 Å². The highest BCUT2D eigenvalue weighted by Gasteiger charge is 2.57. The van der Waals surface area contributed by atoms with E-state index in [-0.39, 0.29) is 36.6 Å². The number of methoxy groups -OCH3 is 1. The summed E-state index contributed by atoms with van der Waals surface area (Å²) in [5.41, 5.74) is -1.13. The van der Waals surface area contributed by atoms with Crippen molar-refractivity contribution in [3.63, 3.8) is 0 Å². The molecule has 122 valence electrons. The number of ketones is 1. The van der Waals surface area contributed by atoms with Crippen molar-refractivity contribution in [2.75, 3.05) is 26.0 Å². The lowest BCUT2D eigenvalue weighted by Crippen LogP contribution is -2.74. The van der Waals surface area contributed by atoms with Gasteiger partial charge in [0.1, 0.15) is 22.6 Å². The summed E-state index contributed by atoms with van der Waals surface area (Å²) in [6.45, 7) is 1.38. The Hall–Kier alpha value is -1.61. The van der Waals surface area contributed by atoms with Crippen LogP contribution in [0.1, 0.15) is 13.3 Å². The summed E-state index contributed by atoms with van der Waals surface area (Å²) in [7, 11) is 1.42. The van der Waals surface area contributed by atoms with E-state index in [1.54, 1.807) is 0 Å². The molecule has 2 aliphatic rings. The number of nitrogens with zero attached hydrogens (tertiary/aromatic N) is 1. The molecule has 8 nitrogen and oxygen atoms in total. The van der Waals surface area contributed by atoms with Crippen LogP contribution in [-0.2, 0) is 23.9 Å². The molecule has 2 rings (SSSR count). The van der Waals surface area contributed by atoms with Crippen LogP contribution >= 0.6 is 11.8 Å². The fraction of sp³-hybridized carbons (Fsp3) is 0.692. The number of carboxylic acids is 1. The van der Waals surface area contributed by atoms with Crippen LogP contribution in [0.25, 0.3) is 0 Å². The molecule has 2 fully saturated rings. The number of β-lactam (4-membered cyclic amide) rings is 1. The topological polar surface area (TPSA) is 113 Å². The number of carboxylic acid groups (broad SMARTS) is 1. The lowest BCUT2D eigenvalue weighted by molar-refractivity contribution is -0.161. The zero-order valence-electron chi connectivity index (χ0n) is 12.3. The molecule has 0 spiro atoms. The summed E-state index contributed by atoms with van der Waals surface area (Å²) < 4.78 is 4.98. The molecule has 3 atom stereocenters. The Bertz CT molecular complexity index is 525. The van der Waals surface area contributed by atoms with Crippen molar-refractivity contribution in [3.05, 3.63) is 0 Å². The monoisotopic (exact) mass is 330 g/mol. The van der Waals surface area contributed by atoms with Crippen molar-refractivity contribution in [2.24, 2.45) is 5.41 Å². The van der Waals surface area contributed by atoms with E-state index in [1.165, 1.54) is 30.7 Å². The predicted molar refractivity (Wildman–Crippen MR) is 77.1 cm³/mol. The van der Waals surface area contributed by atoms with Crippen LogP contribution in [0.3, 0.4) is 0 Å². The predicted octanol–water partition coefficient (Wildman–Crippen LogP) is -0.917. The highest BCUT2D eigenvalue weighted by Crippen LogP contribution is 2.42. The van der Waals surface area contributed by atoms with Crippen LogP contribution < -0.4 is 5.32 Å². The quantitative estimate of drug-likeness (QED) is 0.478. The van der Waals surface area contributed by atoms with Gasteiger partial charge in [-0.2, -0.15) is 0 Å². The van der Waals surface area contributed by atoms with Crippen LogP contribution in [0.4, 0.5) is 0 Å². The minimum absolute atomic E-state index is 0.0210. The van der Waals surface area contributed by atoms with Gasteiger partial charge in [-0.15, -0.1) is 11.8 Å². The Labute approximate surface area is 131 Å². The number of nitrogens with one attached hydrogen (secondary N) is 1. The molecule has 2 aliphatic heterocycles. The van der Waals surface area contributed by atoms with Gasteiger partial charge in [0.2, 0.25) is 11.8 Å². The summed E-state index contributed by atoms with van der Waals surface area (Å²) >= 11 is 1.31. The van der Waals surface area contributed by atoms with Crippen LogP contribution in [0.15, 0.2) is 0 Å². The van der Waals surface area contributed by atoms with Crippen LogP contribution in [0.5, 0.6) is 0 Å². The lowest BCUT2D eigenvalue weighted by atomic mass is 9.88. The van der Waals surface area contributed by atoms with Crippen LogP contribution in [0, 0.1) is 5.41 Å². The van der Waals surface area contributed by atoms with Gasteiger partial charge in [-0.05, 0) is 6.92 Å². The molecule has 0 aromatic heterocycles. The number of hydrogen-bond acceptors (Lipinski definition) is 6. The number of thioether (sulfide) groups is 1. The van der Waals surface area contributed by atoms with Crippen molar-refractivity contribution in [2.45, 2.75) is 24.8 Å². The summed E-state index contributed by atoms with van der Waals surface area (Å²) in [4.78, 5) is 47.5. The molecule has 0 aromatic carbocycles. The average molecular weight is 330 g/mol. The molecule has 0 saturated carbocycles. The number of Topliss-reactive ketones (excluding diaryl/α,β-unsaturated/α-hetero) is 1. The molecule has 22 heavy (non-hydrogen) atoms. The van der Waals surface area contributed by atoms with Gasteiger partial charge < -0.3 is 20.1 Å². The lowest BCUT2D eigenvalue weighted by Gasteiger charge is -2.53. The molecule has 9 heteroatoms. The fourth-order valence-corrected chi connectivity index (χ4v) is 4.16. The molecule has 2 heterocycles. The molecule has 2 saturated heterocycles. The molecule has 0 radical (unpaired) electrons. The minimum Gasteiger partial charge on any atom is -0.481 e. The first-order valence-corrected chi connectivity index (χ1v) is 7.79. The normalized spacial score (nSPS) is 30.3. The molecule has 2 unspecified atom stereocenters. The van der Waals surface area contributed by atoms with E-state index in [0.29, 0.717) is 5.75 Å². The van der Waals surface area contributed by atoms with E-state index in [2.05, 4.69) is 5.32 Å². The zero-order valence-corrected chi connectivity index (χ0v) is 13.1. The fourth-order valence-electron chi connectivity index (χ4n) is 2.63. The maximum absolute atomic E-state index is 12.1. The number of fused-ring (bicyclic) bond motifs is 1. The van der Waals surface area contributed by atoms with Crippen LogP contribution in [-0.4, -0.2) is 71.0 Å². The second-order valence-corrected chi connectivity index (χ2v) is 6.72. The molecular weight excluding hydrogens is 312 g/mol. The second kappa shape index (κ2) is 6.25. The second-order valence-electron chi connectivity index (χ2n) is 5.61. The number of carbonyl (C=O) groups is 4.